The van der Waals surface area contributed by atoms with Crippen molar-refractivity contribution in [2.75, 3.05) is 6.61 Å². The molecule has 0 amide bonds. The van der Waals surface area contributed by atoms with Crippen LogP contribution in [0.4, 0.5) is 0 Å². The van der Waals surface area contributed by atoms with E-state index in [9.17, 15) is 8.42 Å². The van der Waals surface area contributed by atoms with E-state index in [0.717, 1.165) is 5.56 Å². The molecule has 3 saturated heterocycles. The Kier molecular flexibility index (Phi) is 4.86. The van der Waals surface area contributed by atoms with Crippen molar-refractivity contribution in [1.82, 2.24) is 0 Å². The average Bonchev–Trinajstić information content (AvgIpc) is 3.07. The van der Waals surface area contributed by atoms with E-state index in [4.69, 9.17) is 27.9 Å². The molecule has 0 spiro atoms. The van der Waals surface area contributed by atoms with Gasteiger partial charge in [-0.2, -0.15) is 8.42 Å². The van der Waals surface area contributed by atoms with Gasteiger partial charge in [-0.05, 0) is 46.8 Å². The van der Waals surface area contributed by atoms with Crippen LogP contribution < -0.4 is 0 Å². The average molecular weight is 414 g/mol. The molecule has 0 aliphatic carbocycles. The van der Waals surface area contributed by atoms with Crippen LogP contribution in [-0.4, -0.2) is 57.3 Å². The minimum Gasteiger partial charge on any atom is -0.342 e. The fourth-order valence-corrected chi connectivity index (χ4v) is 4.68. The molecule has 0 N–H and O–H groups in total. The van der Waals surface area contributed by atoms with Crippen LogP contribution in [0, 0.1) is 6.92 Å². The Morgan fingerprint density at radius 2 is 1.46 bits per heavy atom. The summed E-state index contributed by atoms with van der Waals surface area (Å²) in [5.74, 6) is -1.68. The molecule has 0 aromatic heterocycles. The van der Waals surface area contributed by atoms with Crippen molar-refractivity contribution >= 4 is 10.1 Å². The van der Waals surface area contributed by atoms with E-state index in [0.29, 0.717) is 0 Å². The predicted octanol–water partition coefficient (Wildman–Crippen LogP) is 2.10. The topological polar surface area (TPSA) is 89.5 Å². The summed E-state index contributed by atoms with van der Waals surface area (Å²) in [6.07, 6.45) is -2.84. The summed E-state index contributed by atoms with van der Waals surface area (Å²) in [6.45, 7) is 8.83. The Morgan fingerprint density at radius 3 is 2.14 bits per heavy atom. The Labute approximate surface area is 165 Å². The molecule has 0 radical (unpaired) electrons. The molecule has 4 rings (SSSR count). The zero-order valence-electron chi connectivity index (χ0n) is 16.6. The van der Waals surface area contributed by atoms with Gasteiger partial charge in [-0.25, -0.2) is 0 Å². The highest BCUT2D eigenvalue weighted by Crippen LogP contribution is 2.44. The second-order valence-electron chi connectivity index (χ2n) is 8.26. The SMILES string of the molecule is Cc1ccc(S(=O)(=O)OC[C@H]2O[C@@H]3OC(C)(C)O[C@@H]3[C@H]3OC(C)(C)O[C@H]32)cc1. The summed E-state index contributed by atoms with van der Waals surface area (Å²) >= 11 is 0. The molecule has 3 fully saturated rings. The second-order valence-corrected chi connectivity index (χ2v) is 9.87. The van der Waals surface area contributed by atoms with Gasteiger partial charge in [-0.1, -0.05) is 17.7 Å². The highest BCUT2D eigenvalue weighted by atomic mass is 32.2. The molecule has 0 bridgehead atoms. The van der Waals surface area contributed by atoms with Crippen molar-refractivity contribution in [2.45, 2.75) is 81.8 Å². The van der Waals surface area contributed by atoms with Gasteiger partial charge >= 0.3 is 0 Å². The van der Waals surface area contributed by atoms with Crippen LogP contribution in [-0.2, 0) is 38.0 Å². The lowest BCUT2D eigenvalue weighted by atomic mass is 9.99. The maximum Gasteiger partial charge on any atom is 0.297 e. The molecule has 8 nitrogen and oxygen atoms in total. The number of benzene rings is 1. The quantitative estimate of drug-likeness (QED) is 0.692. The van der Waals surface area contributed by atoms with Crippen LogP contribution in [0.1, 0.15) is 33.3 Å². The Bertz CT molecular complexity index is 832. The van der Waals surface area contributed by atoms with Gasteiger partial charge in [0.25, 0.3) is 10.1 Å². The van der Waals surface area contributed by atoms with Crippen LogP contribution in [0.3, 0.4) is 0 Å². The van der Waals surface area contributed by atoms with E-state index < -0.39 is 52.4 Å². The molecule has 3 aliphatic heterocycles. The number of hydrogen-bond donors (Lipinski definition) is 0. The number of ether oxygens (including phenoxy) is 5. The van der Waals surface area contributed by atoms with Crippen molar-refractivity contribution in [3.8, 4) is 0 Å². The zero-order valence-corrected chi connectivity index (χ0v) is 17.4. The van der Waals surface area contributed by atoms with E-state index in [1.54, 1.807) is 39.8 Å². The first-order valence-corrected chi connectivity index (χ1v) is 10.7. The second kappa shape index (κ2) is 6.73. The van der Waals surface area contributed by atoms with Gasteiger partial charge in [0.2, 0.25) is 0 Å². The van der Waals surface area contributed by atoms with Crippen molar-refractivity contribution in [2.24, 2.45) is 0 Å². The molecular formula is C19H26O8S. The van der Waals surface area contributed by atoms with Crippen molar-refractivity contribution in [3.63, 3.8) is 0 Å². The molecule has 28 heavy (non-hydrogen) atoms. The normalized spacial score (nSPS) is 36.1. The van der Waals surface area contributed by atoms with E-state index in [-0.39, 0.29) is 11.5 Å². The minimum atomic E-state index is -3.93. The molecular weight excluding hydrogens is 388 g/mol. The molecule has 3 aliphatic rings. The molecule has 1 aromatic carbocycles. The molecule has 9 heteroatoms. The fraction of sp³-hybridized carbons (Fsp3) is 0.684. The highest BCUT2D eigenvalue weighted by molar-refractivity contribution is 7.86. The molecule has 156 valence electrons. The van der Waals surface area contributed by atoms with E-state index in [1.807, 2.05) is 6.92 Å². The smallest absolute Gasteiger partial charge is 0.297 e. The monoisotopic (exact) mass is 414 g/mol. The number of fused-ring (bicyclic) bond motifs is 3. The Balaban J connectivity index is 1.52. The van der Waals surface area contributed by atoms with Gasteiger partial charge < -0.3 is 23.7 Å². The lowest BCUT2D eigenvalue weighted by Gasteiger charge is -2.36. The summed E-state index contributed by atoms with van der Waals surface area (Å²) in [7, 11) is -3.93. The number of aryl methyl sites for hydroxylation is 1. The Hall–Kier alpha value is -1.07. The van der Waals surface area contributed by atoms with Gasteiger partial charge in [0, 0.05) is 0 Å². The molecule has 0 unspecified atom stereocenters. The summed E-state index contributed by atoms with van der Waals surface area (Å²) in [5, 5.41) is 0. The zero-order chi connectivity index (χ0) is 20.3. The van der Waals surface area contributed by atoms with Gasteiger partial charge in [0.15, 0.2) is 17.9 Å². The summed E-state index contributed by atoms with van der Waals surface area (Å²) in [5.41, 5.74) is 0.961. The Morgan fingerprint density at radius 1 is 0.893 bits per heavy atom. The first kappa shape index (κ1) is 20.2. The lowest BCUT2D eigenvalue weighted by Crippen LogP contribution is -2.56. The van der Waals surface area contributed by atoms with E-state index in [2.05, 4.69) is 0 Å². The standard InChI is InChI=1S/C19H26O8S/c1-11-6-8-12(9-7-11)28(20,21)22-10-13-14-15(25-18(2,3)24-14)16-17(23-13)27-19(4,5)26-16/h6-9,13-17H,10H2,1-5H3/t13-,14+,15+,16-,17-/m1/s1. The third-order valence-electron chi connectivity index (χ3n) is 4.95. The van der Waals surface area contributed by atoms with Gasteiger partial charge in [0.1, 0.15) is 24.4 Å². The van der Waals surface area contributed by atoms with Crippen LogP contribution >= 0.6 is 0 Å². The molecule has 5 atom stereocenters. The van der Waals surface area contributed by atoms with Crippen LogP contribution in [0.25, 0.3) is 0 Å². The minimum absolute atomic E-state index is 0.0915. The summed E-state index contributed by atoms with van der Waals surface area (Å²) in [4.78, 5) is 0.0915. The van der Waals surface area contributed by atoms with Crippen molar-refractivity contribution < 1.29 is 36.3 Å². The van der Waals surface area contributed by atoms with E-state index >= 15 is 0 Å². The molecule has 0 saturated carbocycles. The first-order chi connectivity index (χ1) is 13.0. The maximum absolute atomic E-state index is 12.5. The summed E-state index contributed by atoms with van der Waals surface area (Å²) in [6, 6.07) is 6.46. The van der Waals surface area contributed by atoms with Gasteiger partial charge in [0.05, 0.1) is 11.5 Å². The fourth-order valence-electron chi connectivity index (χ4n) is 3.76. The highest BCUT2D eigenvalue weighted by Gasteiger charge is 2.60. The predicted molar refractivity (Wildman–Crippen MR) is 96.8 cm³/mol. The van der Waals surface area contributed by atoms with Crippen molar-refractivity contribution in [3.05, 3.63) is 29.8 Å². The van der Waals surface area contributed by atoms with Crippen LogP contribution in [0.2, 0.25) is 0 Å². The van der Waals surface area contributed by atoms with E-state index in [1.165, 1.54) is 12.1 Å². The van der Waals surface area contributed by atoms with Crippen LogP contribution in [0.15, 0.2) is 29.2 Å². The summed E-state index contributed by atoms with van der Waals surface area (Å²) < 4.78 is 60.0. The third kappa shape index (κ3) is 3.85. The van der Waals surface area contributed by atoms with Crippen molar-refractivity contribution in [1.29, 1.82) is 0 Å². The maximum atomic E-state index is 12.5. The first-order valence-electron chi connectivity index (χ1n) is 9.29. The third-order valence-corrected chi connectivity index (χ3v) is 6.24. The number of rotatable bonds is 4. The molecule has 3 heterocycles. The van der Waals surface area contributed by atoms with Gasteiger partial charge in [-0.3, -0.25) is 4.18 Å². The van der Waals surface area contributed by atoms with Gasteiger partial charge in [-0.15, -0.1) is 0 Å². The number of hydrogen-bond acceptors (Lipinski definition) is 8. The lowest BCUT2D eigenvalue weighted by molar-refractivity contribution is -0.238. The van der Waals surface area contributed by atoms with Crippen LogP contribution in [0.5, 0.6) is 0 Å². The largest absolute Gasteiger partial charge is 0.342 e. The molecule has 1 aromatic rings.